The number of carbonyl (C=O) groups excluding carboxylic acids is 1. The van der Waals surface area contributed by atoms with E-state index in [9.17, 15) is 4.79 Å². The number of fused-ring (bicyclic) bond motifs is 2. The number of likely N-dealkylation sites (tertiary alicyclic amines) is 1. The molecule has 1 amide bonds. The molecule has 1 saturated carbocycles. The standard InChI is InChI=1S/C23H26N4O/c1-16-4-6-18-10-17(13-24-23(18)25-16)5-7-22(28)27-14-19-11-21(12-20(19)15-27)26-8-2-3-9-26/h2-3,5,7-10,13,19-21H,1,4,6,11-12,14-15H2,(H,24,25)/b7-5+. The van der Waals surface area contributed by atoms with Gasteiger partial charge in [0, 0.05) is 49.5 Å². The van der Waals surface area contributed by atoms with Crippen molar-refractivity contribution in [2.75, 3.05) is 18.4 Å². The highest BCUT2D eigenvalue weighted by molar-refractivity contribution is 5.92. The van der Waals surface area contributed by atoms with Crippen LogP contribution in [0.4, 0.5) is 5.82 Å². The van der Waals surface area contributed by atoms with Crippen LogP contribution in [-0.4, -0.2) is 33.4 Å². The first-order valence-electron chi connectivity index (χ1n) is 10.2. The summed E-state index contributed by atoms with van der Waals surface area (Å²) >= 11 is 0. The number of hydrogen-bond donors (Lipinski definition) is 1. The van der Waals surface area contributed by atoms with Gasteiger partial charge in [-0.25, -0.2) is 4.98 Å². The summed E-state index contributed by atoms with van der Waals surface area (Å²) in [6.07, 6.45) is 14.0. The van der Waals surface area contributed by atoms with Crippen molar-refractivity contribution in [2.24, 2.45) is 11.8 Å². The van der Waals surface area contributed by atoms with Crippen LogP contribution in [0.25, 0.3) is 6.08 Å². The molecule has 3 aliphatic rings. The van der Waals surface area contributed by atoms with Crippen molar-refractivity contribution >= 4 is 17.8 Å². The van der Waals surface area contributed by atoms with Gasteiger partial charge in [-0.15, -0.1) is 0 Å². The van der Waals surface area contributed by atoms with Crippen LogP contribution in [0.2, 0.25) is 0 Å². The number of allylic oxidation sites excluding steroid dienone is 1. The van der Waals surface area contributed by atoms with E-state index in [0.29, 0.717) is 17.9 Å². The summed E-state index contributed by atoms with van der Waals surface area (Å²) in [6.45, 7) is 5.74. The summed E-state index contributed by atoms with van der Waals surface area (Å²) in [7, 11) is 0. The van der Waals surface area contributed by atoms with Gasteiger partial charge in [0.05, 0.1) is 0 Å². The Morgan fingerprint density at radius 3 is 2.68 bits per heavy atom. The highest BCUT2D eigenvalue weighted by Gasteiger charge is 2.42. The van der Waals surface area contributed by atoms with Crippen LogP contribution in [-0.2, 0) is 11.2 Å². The number of aromatic nitrogens is 2. The maximum absolute atomic E-state index is 12.7. The van der Waals surface area contributed by atoms with Crippen molar-refractivity contribution in [1.29, 1.82) is 0 Å². The molecule has 2 aromatic rings. The van der Waals surface area contributed by atoms with E-state index in [1.165, 1.54) is 18.4 Å². The summed E-state index contributed by atoms with van der Waals surface area (Å²) in [5, 5.41) is 3.23. The number of anilines is 1. The van der Waals surface area contributed by atoms with Crippen LogP contribution in [0.15, 0.2) is 55.1 Å². The number of rotatable bonds is 3. The zero-order valence-corrected chi connectivity index (χ0v) is 16.1. The molecule has 2 aliphatic heterocycles. The summed E-state index contributed by atoms with van der Waals surface area (Å²) in [4.78, 5) is 19.2. The van der Waals surface area contributed by atoms with E-state index >= 15 is 0 Å². The van der Waals surface area contributed by atoms with Gasteiger partial charge in [0.25, 0.3) is 0 Å². The number of carbonyl (C=O) groups is 1. The van der Waals surface area contributed by atoms with Gasteiger partial charge < -0.3 is 14.8 Å². The molecule has 0 spiro atoms. The normalized spacial score (nSPS) is 26.4. The molecule has 2 unspecified atom stereocenters. The fourth-order valence-electron chi connectivity index (χ4n) is 4.99. The number of aryl methyl sites for hydroxylation is 1. The number of pyridine rings is 1. The summed E-state index contributed by atoms with van der Waals surface area (Å²) in [6, 6.07) is 6.91. The highest BCUT2D eigenvalue weighted by Crippen LogP contribution is 2.43. The number of hydrogen-bond acceptors (Lipinski definition) is 3. The molecule has 2 atom stereocenters. The molecule has 5 nitrogen and oxygen atoms in total. The molecule has 0 bridgehead atoms. The molecular formula is C23H26N4O. The largest absolute Gasteiger partial charge is 0.351 e. The second kappa shape index (κ2) is 6.97. The SMILES string of the molecule is C=C1CCc2cc(/C=C/C(=O)N3CC4CC(n5cccc5)CC4C3)cnc2N1. The lowest BCUT2D eigenvalue weighted by Gasteiger charge is -2.19. The topological polar surface area (TPSA) is 50.2 Å². The zero-order valence-electron chi connectivity index (χ0n) is 16.1. The van der Waals surface area contributed by atoms with Gasteiger partial charge in [-0.3, -0.25) is 4.79 Å². The zero-order chi connectivity index (χ0) is 19.1. The molecule has 1 saturated heterocycles. The van der Waals surface area contributed by atoms with Gasteiger partial charge in [0.15, 0.2) is 0 Å². The third kappa shape index (κ3) is 3.26. The number of nitrogens with one attached hydrogen (secondary N) is 1. The molecule has 4 heterocycles. The van der Waals surface area contributed by atoms with E-state index < -0.39 is 0 Å². The second-order valence-electron chi connectivity index (χ2n) is 8.36. The first-order chi connectivity index (χ1) is 13.7. The van der Waals surface area contributed by atoms with Gasteiger partial charge >= 0.3 is 0 Å². The first kappa shape index (κ1) is 17.3. The van der Waals surface area contributed by atoms with Crippen molar-refractivity contribution in [2.45, 2.75) is 31.7 Å². The quantitative estimate of drug-likeness (QED) is 0.830. The maximum Gasteiger partial charge on any atom is 0.246 e. The predicted molar refractivity (Wildman–Crippen MR) is 111 cm³/mol. The van der Waals surface area contributed by atoms with Crippen LogP contribution >= 0.6 is 0 Å². The summed E-state index contributed by atoms with van der Waals surface area (Å²) in [5.41, 5.74) is 3.18. The minimum Gasteiger partial charge on any atom is -0.351 e. The average Bonchev–Trinajstić information content (AvgIpc) is 3.41. The molecule has 0 radical (unpaired) electrons. The maximum atomic E-state index is 12.7. The van der Waals surface area contributed by atoms with E-state index in [1.807, 2.05) is 17.2 Å². The van der Waals surface area contributed by atoms with E-state index in [0.717, 1.165) is 43.0 Å². The minimum absolute atomic E-state index is 0.121. The molecule has 1 N–H and O–H groups in total. The van der Waals surface area contributed by atoms with Gasteiger partial charge in [-0.1, -0.05) is 6.58 Å². The van der Waals surface area contributed by atoms with Gasteiger partial charge in [-0.05, 0) is 72.9 Å². The molecule has 28 heavy (non-hydrogen) atoms. The Bertz CT molecular complexity index is 916. The second-order valence-corrected chi connectivity index (χ2v) is 8.36. The smallest absolute Gasteiger partial charge is 0.246 e. The fraction of sp³-hybridized carbons (Fsp3) is 0.391. The summed E-state index contributed by atoms with van der Waals surface area (Å²) < 4.78 is 2.33. The number of nitrogens with zero attached hydrogens (tertiary/aromatic N) is 3. The van der Waals surface area contributed by atoms with Crippen molar-refractivity contribution in [3.63, 3.8) is 0 Å². The Labute approximate surface area is 165 Å². The van der Waals surface area contributed by atoms with E-state index in [1.54, 1.807) is 6.08 Å². The Kier molecular flexibility index (Phi) is 4.30. The predicted octanol–water partition coefficient (Wildman–Crippen LogP) is 3.88. The Balaban J connectivity index is 1.20. The third-order valence-corrected chi connectivity index (χ3v) is 6.48. The Morgan fingerprint density at radius 2 is 1.93 bits per heavy atom. The van der Waals surface area contributed by atoms with Crippen LogP contribution in [0.5, 0.6) is 0 Å². The summed E-state index contributed by atoms with van der Waals surface area (Å²) in [5.74, 6) is 2.28. The molecule has 2 aromatic heterocycles. The molecule has 5 rings (SSSR count). The lowest BCUT2D eigenvalue weighted by Crippen LogP contribution is -2.28. The number of amides is 1. The molecule has 144 valence electrons. The average molecular weight is 374 g/mol. The van der Waals surface area contributed by atoms with Crippen molar-refractivity contribution < 1.29 is 4.79 Å². The fourth-order valence-corrected chi connectivity index (χ4v) is 4.99. The molecule has 0 aromatic carbocycles. The van der Waals surface area contributed by atoms with Crippen LogP contribution in [0.1, 0.15) is 36.4 Å². The highest BCUT2D eigenvalue weighted by atomic mass is 16.2. The van der Waals surface area contributed by atoms with Crippen LogP contribution < -0.4 is 5.32 Å². The Morgan fingerprint density at radius 1 is 1.18 bits per heavy atom. The van der Waals surface area contributed by atoms with Crippen molar-refractivity contribution in [3.8, 4) is 0 Å². The molecule has 1 aliphatic carbocycles. The van der Waals surface area contributed by atoms with Crippen molar-refractivity contribution in [1.82, 2.24) is 14.5 Å². The molecule has 2 fully saturated rings. The minimum atomic E-state index is 0.121. The van der Waals surface area contributed by atoms with Crippen molar-refractivity contribution in [3.05, 3.63) is 66.3 Å². The van der Waals surface area contributed by atoms with E-state index in [2.05, 4.69) is 52.0 Å². The van der Waals surface area contributed by atoms with E-state index in [-0.39, 0.29) is 5.91 Å². The lowest BCUT2D eigenvalue weighted by atomic mass is 10.0. The van der Waals surface area contributed by atoms with Crippen LogP contribution in [0, 0.1) is 11.8 Å². The van der Waals surface area contributed by atoms with Crippen LogP contribution in [0.3, 0.4) is 0 Å². The first-order valence-corrected chi connectivity index (χ1v) is 10.2. The molecule has 5 heteroatoms. The van der Waals surface area contributed by atoms with Gasteiger partial charge in [-0.2, -0.15) is 0 Å². The van der Waals surface area contributed by atoms with Gasteiger partial charge in [0.2, 0.25) is 5.91 Å². The Hall–Kier alpha value is -2.82. The van der Waals surface area contributed by atoms with Gasteiger partial charge in [0.1, 0.15) is 5.82 Å². The van der Waals surface area contributed by atoms with E-state index in [4.69, 9.17) is 0 Å². The third-order valence-electron chi connectivity index (χ3n) is 6.48. The lowest BCUT2D eigenvalue weighted by molar-refractivity contribution is -0.125. The molecular weight excluding hydrogens is 348 g/mol. The monoisotopic (exact) mass is 374 g/mol.